The first-order valence-electron chi connectivity index (χ1n) is 10.1. The first-order valence-corrected chi connectivity index (χ1v) is 10.1. The van der Waals surface area contributed by atoms with E-state index in [1.165, 1.54) is 12.8 Å². The fraction of sp³-hybridized carbons (Fsp3) is 0.700. The molecule has 7 heteroatoms. The maximum atomic E-state index is 12.6. The van der Waals surface area contributed by atoms with Crippen molar-refractivity contribution in [2.45, 2.75) is 56.9 Å². The van der Waals surface area contributed by atoms with Crippen molar-refractivity contribution in [2.24, 2.45) is 11.3 Å². The van der Waals surface area contributed by atoms with Gasteiger partial charge >= 0.3 is 5.97 Å². The second-order valence-electron chi connectivity index (χ2n) is 8.86. The van der Waals surface area contributed by atoms with Gasteiger partial charge in [0.2, 0.25) is 5.91 Å². The van der Waals surface area contributed by atoms with Crippen LogP contribution in [0.1, 0.15) is 56.6 Å². The zero-order valence-electron chi connectivity index (χ0n) is 15.5. The summed E-state index contributed by atoms with van der Waals surface area (Å²) in [5.41, 5.74) is 1.09. The van der Waals surface area contributed by atoms with Crippen molar-refractivity contribution in [1.82, 2.24) is 14.9 Å². The van der Waals surface area contributed by atoms with Crippen molar-refractivity contribution in [2.75, 3.05) is 24.5 Å². The predicted molar refractivity (Wildman–Crippen MR) is 98.4 cm³/mol. The molecule has 3 heterocycles. The number of hydrogen-bond donors (Lipinski definition) is 1. The molecule has 4 aliphatic rings. The van der Waals surface area contributed by atoms with E-state index in [4.69, 9.17) is 0 Å². The van der Waals surface area contributed by atoms with Gasteiger partial charge in [0.05, 0.1) is 0 Å². The topological polar surface area (TPSA) is 86.6 Å². The molecule has 1 N–H and O–H groups in total. The number of likely N-dealkylation sites (tertiary alicyclic amines) is 1. The molecule has 0 bridgehead atoms. The average Bonchev–Trinajstić information content (AvgIpc) is 3.58. The van der Waals surface area contributed by atoms with Crippen LogP contribution in [0.2, 0.25) is 0 Å². The van der Waals surface area contributed by atoms with Crippen LogP contribution in [0.3, 0.4) is 0 Å². The standard InChI is InChI=1S/C20H26N4O3/c25-18(14-3-4-14)24-11-20(10-16(24)19(26)27)5-7-23(8-6-20)17-9-15(13-1-2-13)21-12-22-17/h9,12-14,16H,1-8,10-11H2,(H,26,27). The van der Waals surface area contributed by atoms with E-state index in [-0.39, 0.29) is 17.2 Å². The summed E-state index contributed by atoms with van der Waals surface area (Å²) in [6.07, 6.45) is 8.36. The van der Waals surface area contributed by atoms with Crippen molar-refractivity contribution < 1.29 is 14.7 Å². The largest absolute Gasteiger partial charge is 0.480 e. The molecule has 1 aromatic rings. The molecule has 2 aliphatic heterocycles. The van der Waals surface area contributed by atoms with E-state index < -0.39 is 12.0 Å². The normalized spacial score (nSPS) is 27.2. The van der Waals surface area contributed by atoms with E-state index in [1.54, 1.807) is 11.2 Å². The minimum absolute atomic E-state index is 0.0591. The van der Waals surface area contributed by atoms with Gasteiger partial charge in [-0.05, 0) is 50.4 Å². The zero-order valence-corrected chi connectivity index (χ0v) is 15.5. The maximum Gasteiger partial charge on any atom is 0.326 e. The Kier molecular flexibility index (Phi) is 3.88. The van der Waals surface area contributed by atoms with Crippen molar-refractivity contribution >= 4 is 17.7 Å². The van der Waals surface area contributed by atoms with Crippen LogP contribution in [0.5, 0.6) is 0 Å². The maximum absolute atomic E-state index is 12.6. The molecule has 1 atom stereocenters. The number of carboxylic acids is 1. The molecule has 1 unspecified atom stereocenters. The molecule has 7 nitrogen and oxygen atoms in total. The minimum atomic E-state index is -0.854. The Morgan fingerprint density at radius 1 is 1.11 bits per heavy atom. The van der Waals surface area contributed by atoms with E-state index in [1.807, 2.05) is 0 Å². The van der Waals surface area contributed by atoms with Crippen LogP contribution < -0.4 is 4.90 Å². The molecule has 5 rings (SSSR count). The number of piperidine rings is 1. The number of anilines is 1. The van der Waals surface area contributed by atoms with Gasteiger partial charge in [-0.15, -0.1) is 0 Å². The van der Waals surface area contributed by atoms with Crippen LogP contribution in [0.15, 0.2) is 12.4 Å². The van der Waals surface area contributed by atoms with Gasteiger partial charge in [-0.1, -0.05) is 0 Å². The molecule has 0 aromatic carbocycles. The zero-order chi connectivity index (χ0) is 18.6. The number of nitrogens with zero attached hydrogens (tertiary/aromatic N) is 4. The molecule has 0 radical (unpaired) electrons. The highest BCUT2D eigenvalue weighted by atomic mass is 16.4. The predicted octanol–water partition coefficient (Wildman–Crippen LogP) is 2.04. The van der Waals surface area contributed by atoms with Gasteiger partial charge in [0.25, 0.3) is 0 Å². The third kappa shape index (κ3) is 3.17. The third-order valence-electron chi connectivity index (χ3n) is 6.82. The second-order valence-corrected chi connectivity index (χ2v) is 8.86. The molecule has 2 aliphatic carbocycles. The van der Waals surface area contributed by atoms with Gasteiger partial charge < -0.3 is 14.9 Å². The highest BCUT2D eigenvalue weighted by molar-refractivity contribution is 5.87. The van der Waals surface area contributed by atoms with Crippen molar-refractivity contribution in [3.05, 3.63) is 18.1 Å². The number of aromatic nitrogens is 2. The molecule has 144 valence electrons. The van der Waals surface area contributed by atoms with Gasteiger partial charge in [0.15, 0.2) is 0 Å². The monoisotopic (exact) mass is 370 g/mol. The quantitative estimate of drug-likeness (QED) is 0.873. The van der Waals surface area contributed by atoms with E-state index >= 15 is 0 Å². The summed E-state index contributed by atoms with van der Waals surface area (Å²) in [7, 11) is 0. The third-order valence-corrected chi connectivity index (χ3v) is 6.82. The fourth-order valence-electron chi connectivity index (χ4n) is 4.78. The highest BCUT2D eigenvalue weighted by Crippen LogP contribution is 2.46. The van der Waals surface area contributed by atoms with E-state index in [9.17, 15) is 14.7 Å². The number of carbonyl (C=O) groups excluding carboxylic acids is 1. The van der Waals surface area contributed by atoms with Crippen molar-refractivity contribution in [3.8, 4) is 0 Å². The molecule has 2 saturated carbocycles. The van der Waals surface area contributed by atoms with Crippen LogP contribution in [0, 0.1) is 11.3 Å². The number of aliphatic carboxylic acids is 1. The van der Waals surface area contributed by atoms with Crippen LogP contribution in [-0.2, 0) is 9.59 Å². The molecule has 1 amide bonds. The lowest BCUT2D eigenvalue weighted by Crippen LogP contribution is -2.43. The van der Waals surface area contributed by atoms with Crippen molar-refractivity contribution in [3.63, 3.8) is 0 Å². The Balaban J connectivity index is 1.28. The molecule has 1 aromatic heterocycles. The van der Waals surface area contributed by atoms with Crippen molar-refractivity contribution in [1.29, 1.82) is 0 Å². The molecule has 4 fully saturated rings. The Morgan fingerprint density at radius 3 is 2.48 bits per heavy atom. The number of rotatable bonds is 4. The summed E-state index contributed by atoms with van der Waals surface area (Å²) in [5.74, 6) is 0.875. The first-order chi connectivity index (χ1) is 13.0. The summed E-state index contributed by atoms with van der Waals surface area (Å²) < 4.78 is 0. The van der Waals surface area contributed by atoms with Crippen LogP contribution in [-0.4, -0.2) is 57.5 Å². The van der Waals surface area contributed by atoms with E-state index in [2.05, 4.69) is 20.9 Å². The SMILES string of the molecule is O=C(O)C1CC2(CCN(c3cc(C4CC4)ncn3)CC2)CN1C(=O)C1CC1. The van der Waals surface area contributed by atoms with Gasteiger partial charge in [-0.2, -0.15) is 0 Å². The molecular weight excluding hydrogens is 344 g/mol. The molecular formula is C20H26N4O3. The summed E-state index contributed by atoms with van der Waals surface area (Å²) in [5, 5.41) is 9.65. The number of carbonyl (C=O) groups is 2. The lowest BCUT2D eigenvalue weighted by Gasteiger charge is -2.39. The lowest BCUT2D eigenvalue weighted by atomic mass is 9.76. The Labute approximate surface area is 158 Å². The van der Waals surface area contributed by atoms with E-state index in [0.717, 1.165) is 50.3 Å². The van der Waals surface area contributed by atoms with Crippen LogP contribution in [0.25, 0.3) is 0 Å². The lowest BCUT2D eigenvalue weighted by molar-refractivity contribution is -0.148. The molecule has 1 spiro atoms. The smallest absolute Gasteiger partial charge is 0.326 e. The number of carboxylic acid groups (broad SMARTS) is 1. The fourth-order valence-corrected chi connectivity index (χ4v) is 4.78. The molecule has 2 saturated heterocycles. The summed E-state index contributed by atoms with van der Waals surface area (Å²) in [6, 6.07) is 1.47. The number of hydrogen-bond acceptors (Lipinski definition) is 5. The highest BCUT2D eigenvalue weighted by Gasteiger charge is 2.51. The first kappa shape index (κ1) is 17.0. The minimum Gasteiger partial charge on any atom is -0.480 e. The van der Waals surface area contributed by atoms with Gasteiger partial charge in [-0.3, -0.25) is 4.79 Å². The van der Waals surface area contributed by atoms with E-state index in [0.29, 0.717) is 18.9 Å². The van der Waals surface area contributed by atoms with Crippen LogP contribution in [0.4, 0.5) is 5.82 Å². The van der Waals surface area contributed by atoms with Crippen LogP contribution >= 0.6 is 0 Å². The Morgan fingerprint density at radius 2 is 1.85 bits per heavy atom. The average molecular weight is 370 g/mol. The Hall–Kier alpha value is -2.18. The second kappa shape index (κ2) is 6.17. The van der Waals surface area contributed by atoms with Gasteiger partial charge in [0, 0.05) is 43.2 Å². The Bertz CT molecular complexity index is 766. The molecule has 27 heavy (non-hydrogen) atoms. The van der Waals surface area contributed by atoms with Gasteiger partial charge in [-0.25, -0.2) is 14.8 Å². The van der Waals surface area contributed by atoms with Gasteiger partial charge in [0.1, 0.15) is 18.2 Å². The summed E-state index contributed by atoms with van der Waals surface area (Å²) in [6.45, 7) is 2.32. The number of amides is 1. The summed E-state index contributed by atoms with van der Waals surface area (Å²) in [4.78, 5) is 37.2. The summed E-state index contributed by atoms with van der Waals surface area (Å²) >= 11 is 0.